The number of benzene rings is 1. The standard InChI is InChI=1S/C9H4Cl2N2O2/c10-9(11)8-6(12-4-14)2-1-3-7(8)13-5-15/h1-3,9H. The summed E-state index contributed by atoms with van der Waals surface area (Å²) in [6.07, 6.45) is 2.73. The van der Waals surface area contributed by atoms with Crippen LogP contribution in [0.3, 0.4) is 0 Å². The van der Waals surface area contributed by atoms with Gasteiger partial charge in [-0.1, -0.05) is 29.3 Å². The Labute approximate surface area is 95.2 Å². The summed E-state index contributed by atoms with van der Waals surface area (Å²) >= 11 is 11.3. The zero-order chi connectivity index (χ0) is 11.3. The van der Waals surface area contributed by atoms with E-state index in [1.807, 2.05) is 0 Å². The Morgan fingerprint density at radius 3 is 1.87 bits per heavy atom. The minimum Gasteiger partial charge on any atom is -0.211 e. The summed E-state index contributed by atoms with van der Waals surface area (Å²) in [5, 5.41) is 0. The molecule has 0 fully saturated rings. The number of carbonyl (C=O) groups excluding carboxylic acids is 2. The Morgan fingerprint density at radius 2 is 1.53 bits per heavy atom. The zero-order valence-corrected chi connectivity index (χ0v) is 8.79. The van der Waals surface area contributed by atoms with Crippen LogP contribution >= 0.6 is 23.2 Å². The number of isocyanates is 2. The monoisotopic (exact) mass is 242 g/mol. The predicted molar refractivity (Wildman–Crippen MR) is 56.5 cm³/mol. The number of hydrogen-bond donors (Lipinski definition) is 0. The third-order valence-electron chi connectivity index (χ3n) is 1.61. The van der Waals surface area contributed by atoms with Gasteiger partial charge in [0.05, 0.1) is 11.4 Å². The summed E-state index contributed by atoms with van der Waals surface area (Å²) in [5.74, 6) is 0. The van der Waals surface area contributed by atoms with E-state index in [-0.39, 0.29) is 16.9 Å². The number of nitrogens with zero attached hydrogens (tertiary/aromatic N) is 2. The molecule has 0 saturated carbocycles. The molecule has 0 heterocycles. The molecular formula is C9H4Cl2N2O2. The maximum absolute atomic E-state index is 10.1. The number of aliphatic imine (C=N–C) groups is 2. The van der Waals surface area contributed by atoms with Crippen molar-refractivity contribution in [1.29, 1.82) is 0 Å². The van der Waals surface area contributed by atoms with Gasteiger partial charge in [-0.25, -0.2) is 9.59 Å². The summed E-state index contributed by atoms with van der Waals surface area (Å²) in [7, 11) is 0. The lowest BCUT2D eigenvalue weighted by molar-refractivity contribution is 0.565. The van der Waals surface area contributed by atoms with E-state index < -0.39 is 4.84 Å². The molecule has 0 radical (unpaired) electrons. The maximum atomic E-state index is 10.1. The molecular weight excluding hydrogens is 239 g/mol. The topological polar surface area (TPSA) is 58.9 Å². The lowest BCUT2D eigenvalue weighted by Gasteiger charge is -2.06. The summed E-state index contributed by atoms with van der Waals surface area (Å²) in [6.45, 7) is 0. The Kier molecular flexibility index (Phi) is 4.22. The molecule has 0 aliphatic carbocycles. The number of rotatable bonds is 3. The molecule has 1 rings (SSSR count). The molecule has 76 valence electrons. The van der Waals surface area contributed by atoms with Gasteiger partial charge in [0.2, 0.25) is 12.2 Å². The van der Waals surface area contributed by atoms with Crippen molar-refractivity contribution in [3.8, 4) is 0 Å². The normalized spacial score (nSPS) is 9.27. The maximum Gasteiger partial charge on any atom is 0.240 e. The van der Waals surface area contributed by atoms with E-state index in [0.717, 1.165) is 0 Å². The minimum absolute atomic E-state index is 0.233. The first-order valence-electron chi connectivity index (χ1n) is 3.77. The molecule has 0 aromatic heterocycles. The molecule has 0 aliphatic heterocycles. The molecule has 15 heavy (non-hydrogen) atoms. The second kappa shape index (κ2) is 5.44. The first-order chi connectivity index (χ1) is 7.20. The van der Waals surface area contributed by atoms with Crippen molar-refractivity contribution in [2.75, 3.05) is 0 Å². The third kappa shape index (κ3) is 2.75. The Hall–Kier alpha value is -1.44. The summed E-state index contributed by atoms with van der Waals surface area (Å²) in [6, 6.07) is 4.59. The largest absolute Gasteiger partial charge is 0.240 e. The number of alkyl halides is 2. The van der Waals surface area contributed by atoms with E-state index in [4.69, 9.17) is 23.2 Å². The molecule has 0 unspecified atom stereocenters. The van der Waals surface area contributed by atoms with Crippen molar-refractivity contribution < 1.29 is 9.59 Å². The fraction of sp³-hybridized carbons (Fsp3) is 0.111. The van der Waals surface area contributed by atoms with Gasteiger partial charge >= 0.3 is 0 Å². The molecule has 1 aromatic carbocycles. The second-order valence-electron chi connectivity index (χ2n) is 2.42. The summed E-state index contributed by atoms with van der Waals surface area (Å²) in [5.41, 5.74) is 0.750. The van der Waals surface area contributed by atoms with Gasteiger partial charge in [0.15, 0.2) is 0 Å². The molecule has 0 saturated heterocycles. The zero-order valence-electron chi connectivity index (χ0n) is 7.28. The van der Waals surface area contributed by atoms with E-state index >= 15 is 0 Å². The fourth-order valence-corrected chi connectivity index (χ4v) is 1.51. The second-order valence-corrected chi connectivity index (χ2v) is 3.51. The van der Waals surface area contributed by atoms with Crippen molar-refractivity contribution in [2.24, 2.45) is 9.98 Å². The number of hydrogen-bond acceptors (Lipinski definition) is 4. The molecule has 0 spiro atoms. The Balaban J connectivity index is 3.47. The quantitative estimate of drug-likeness (QED) is 0.465. The van der Waals surface area contributed by atoms with Crippen LogP contribution in [0, 0.1) is 0 Å². The highest BCUT2D eigenvalue weighted by Crippen LogP contribution is 2.39. The third-order valence-corrected chi connectivity index (χ3v) is 2.05. The molecule has 0 N–H and O–H groups in total. The van der Waals surface area contributed by atoms with Crippen molar-refractivity contribution in [3.05, 3.63) is 23.8 Å². The van der Waals surface area contributed by atoms with E-state index in [1.54, 1.807) is 6.07 Å². The van der Waals surface area contributed by atoms with Gasteiger partial charge in [-0.3, -0.25) is 0 Å². The molecule has 0 bridgehead atoms. The van der Waals surface area contributed by atoms with Gasteiger partial charge in [-0.05, 0) is 12.1 Å². The van der Waals surface area contributed by atoms with Gasteiger partial charge in [0.1, 0.15) is 4.84 Å². The first-order valence-corrected chi connectivity index (χ1v) is 4.64. The van der Waals surface area contributed by atoms with Crippen LogP contribution in [0.1, 0.15) is 10.4 Å². The van der Waals surface area contributed by atoms with Gasteiger partial charge in [-0.2, -0.15) is 9.98 Å². The van der Waals surface area contributed by atoms with Crippen LogP contribution in [-0.2, 0) is 9.59 Å². The molecule has 0 amide bonds. The highest BCUT2D eigenvalue weighted by molar-refractivity contribution is 6.44. The lowest BCUT2D eigenvalue weighted by Crippen LogP contribution is -1.84. The average molecular weight is 243 g/mol. The average Bonchev–Trinajstić information content (AvgIpc) is 2.18. The molecule has 4 nitrogen and oxygen atoms in total. The summed E-state index contributed by atoms with van der Waals surface area (Å²) in [4.78, 5) is 26.1. The Morgan fingerprint density at radius 1 is 1.07 bits per heavy atom. The highest BCUT2D eigenvalue weighted by Gasteiger charge is 2.14. The smallest absolute Gasteiger partial charge is 0.211 e. The molecule has 1 aromatic rings. The number of halogens is 2. The van der Waals surface area contributed by atoms with Crippen molar-refractivity contribution >= 4 is 46.7 Å². The van der Waals surface area contributed by atoms with Crippen LogP contribution in [0.25, 0.3) is 0 Å². The van der Waals surface area contributed by atoms with Gasteiger partial charge in [-0.15, -0.1) is 0 Å². The highest BCUT2D eigenvalue weighted by atomic mass is 35.5. The lowest BCUT2D eigenvalue weighted by atomic mass is 10.1. The van der Waals surface area contributed by atoms with Gasteiger partial charge in [0, 0.05) is 5.56 Å². The van der Waals surface area contributed by atoms with Crippen LogP contribution in [0.15, 0.2) is 28.2 Å². The van der Waals surface area contributed by atoms with E-state index in [0.29, 0.717) is 0 Å². The van der Waals surface area contributed by atoms with Gasteiger partial charge < -0.3 is 0 Å². The van der Waals surface area contributed by atoms with Crippen LogP contribution < -0.4 is 0 Å². The SMILES string of the molecule is O=C=Nc1cccc(N=C=O)c1C(Cl)Cl. The minimum atomic E-state index is -0.939. The Bertz CT molecular complexity index is 425. The van der Waals surface area contributed by atoms with Crippen molar-refractivity contribution in [3.63, 3.8) is 0 Å². The fourth-order valence-electron chi connectivity index (χ4n) is 1.06. The van der Waals surface area contributed by atoms with Gasteiger partial charge in [0.25, 0.3) is 0 Å². The predicted octanol–water partition coefficient (Wildman–Crippen LogP) is 3.10. The molecule has 0 atom stereocenters. The van der Waals surface area contributed by atoms with E-state index in [1.165, 1.54) is 24.3 Å². The van der Waals surface area contributed by atoms with Crippen molar-refractivity contribution in [2.45, 2.75) is 4.84 Å². The van der Waals surface area contributed by atoms with Crippen LogP contribution in [-0.4, -0.2) is 12.2 Å². The van der Waals surface area contributed by atoms with Crippen LogP contribution in [0.5, 0.6) is 0 Å². The molecule has 0 aliphatic rings. The molecule has 6 heteroatoms. The van der Waals surface area contributed by atoms with Crippen molar-refractivity contribution in [1.82, 2.24) is 0 Å². The van der Waals surface area contributed by atoms with Crippen LogP contribution in [0.2, 0.25) is 0 Å². The van der Waals surface area contributed by atoms with E-state index in [2.05, 4.69) is 9.98 Å². The summed E-state index contributed by atoms with van der Waals surface area (Å²) < 4.78 is 0. The van der Waals surface area contributed by atoms with E-state index in [9.17, 15) is 9.59 Å². The van der Waals surface area contributed by atoms with Crippen LogP contribution in [0.4, 0.5) is 11.4 Å². The first kappa shape index (κ1) is 11.6.